The fraction of sp³-hybridized carbons (Fsp3) is 0.611. The van der Waals surface area contributed by atoms with E-state index in [4.69, 9.17) is 10.00 Å². The highest BCUT2D eigenvalue weighted by molar-refractivity contribution is 5.36. The predicted octanol–water partition coefficient (Wildman–Crippen LogP) is 1.71. The second-order valence-corrected chi connectivity index (χ2v) is 6.19. The molecule has 2 atom stereocenters. The second kappa shape index (κ2) is 8.88. The van der Waals surface area contributed by atoms with E-state index in [9.17, 15) is 5.11 Å². The van der Waals surface area contributed by atoms with Gasteiger partial charge in [0.1, 0.15) is 12.4 Å². The van der Waals surface area contributed by atoms with E-state index in [1.165, 1.54) is 0 Å². The summed E-state index contributed by atoms with van der Waals surface area (Å²) in [7, 11) is 0. The molecule has 1 saturated heterocycles. The normalized spacial score (nSPS) is 20.9. The molecule has 2 rings (SSSR count). The van der Waals surface area contributed by atoms with Gasteiger partial charge in [-0.1, -0.05) is 13.0 Å². The molecule has 0 aliphatic carbocycles. The van der Waals surface area contributed by atoms with Crippen molar-refractivity contribution >= 4 is 0 Å². The molecule has 5 nitrogen and oxygen atoms in total. The van der Waals surface area contributed by atoms with Gasteiger partial charge in [0.15, 0.2) is 0 Å². The molecule has 1 heterocycles. The van der Waals surface area contributed by atoms with Crippen molar-refractivity contribution in [2.45, 2.75) is 32.4 Å². The molecule has 1 aliphatic heterocycles. The quantitative estimate of drug-likeness (QED) is 0.830. The van der Waals surface area contributed by atoms with Crippen LogP contribution in [0.3, 0.4) is 0 Å². The third kappa shape index (κ3) is 5.51. The maximum absolute atomic E-state index is 9.60. The smallest absolute Gasteiger partial charge is 0.120 e. The number of nitriles is 1. The maximum atomic E-state index is 9.60. The molecule has 0 radical (unpaired) electrons. The van der Waals surface area contributed by atoms with Gasteiger partial charge in [0, 0.05) is 38.8 Å². The number of hydrogen-bond donors (Lipinski definition) is 1. The fourth-order valence-corrected chi connectivity index (χ4v) is 3.08. The Bertz CT molecular complexity index is 527. The molecule has 0 saturated carbocycles. The lowest BCUT2D eigenvalue weighted by molar-refractivity contribution is 0.0322. The van der Waals surface area contributed by atoms with Crippen LogP contribution < -0.4 is 4.74 Å². The van der Waals surface area contributed by atoms with Crippen LogP contribution in [0.4, 0.5) is 0 Å². The topological polar surface area (TPSA) is 59.7 Å². The Balaban J connectivity index is 1.77. The van der Waals surface area contributed by atoms with E-state index in [1.54, 1.807) is 12.1 Å². The molecule has 0 spiro atoms. The molecule has 0 unspecified atom stereocenters. The van der Waals surface area contributed by atoms with Gasteiger partial charge in [0.25, 0.3) is 0 Å². The number of benzene rings is 1. The summed E-state index contributed by atoms with van der Waals surface area (Å²) in [4.78, 5) is 4.80. The van der Waals surface area contributed by atoms with Crippen molar-refractivity contribution in [3.05, 3.63) is 29.8 Å². The van der Waals surface area contributed by atoms with Gasteiger partial charge in [0.2, 0.25) is 0 Å². The molecular formula is C18H27N3O2. The highest BCUT2D eigenvalue weighted by Crippen LogP contribution is 2.15. The predicted molar refractivity (Wildman–Crippen MR) is 90.4 cm³/mol. The first-order valence-electron chi connectivity index (χ1n) is 8.39. The largest absolute Gasteiger partial charge is 0.492 e. The molecule has 5 heteroatoms. The minimum atomic E-state index is -0.272. The lowest BCUT2D eigenvalue weighted by atomic mass is 10.1. The summed E-state index contributed by atoms with van der Waals surface area (Å²) in [6.07, 6.45) is 0.820. The summed E-state index contributed by atoms with van der Waals surface area (Å²) in [6, 6.07) is 9.90. The van der Waals surface area contributed by atoms with Crippen LogP contribution in [0.5, 0.6) is 5.75 Å². The van der Waals surface area contributed by atoms with Crippen molar-refractivity contribution in [3.63, 3.8) is 0 Å². The number of ether oxygens (including phenoxy) is 1. The van der Waals surface area contributed by atoms with Crippen molar-refractivity contribution in [3.8, 4) is 11.8 Å². The maximum Gasteiger partial charge on any atom is 0.120 e. The average molecular weight is 317 g/mol. The molecule has 0 bridgehead atoms. The molecule has 1 N–H and O–H groups in total. The van der Waals surface area contributed by atoms with Crippen LogP contribution >= 0.6 is 0 Å². The SMILES string of the molecule is CC[C@H]1CN(CCOc2cccc(C#N)c2)CCN1C[C@@H](C)O. The van der Waals surface area contributed by atoms with Crippen molar-refractivity contribution in [1.82, 2.24) is 9.80 Å². The van der Waals surface area contributed by atoms with Gasteiger partial charge in [-0.3, -0.25) is 9.80 Å². The molecule has 126 valence electrons. The Labute approximate surface area is 139 Å². The number of aliphatic hydroxyl groups excluding tert-OH is 1. The molecule has 0 aromatic heterocycles. The van der Waals surface area contributed by atoms with Crippen LogP contribution in [0.15, 0.2) is 24.3 Å². The molecule has 1 fully saturated rings. The third-order valence-electron chi connectivity index (χ3n) is 4.30. The lowest BCUT2D eigenvalue weighted by Crippen LogP contribution is -2.55. The van der Waals surface area contributed by atoms with Gasteiger partial charge < -0.3 is 9.84 Å². The summed E-state index contributed by atoms with van der Waals surface area (Å²) in [5.74, 6) is 0.754. The van der Waals surface area contributed by atoms with Gasteiger partial charge in [-0.05, 0) is 31.5 Å². The van der Waals surface area contributed by atoms with Gasteiger partial charge in [-0.15, -0.1) is 0 Å². The van der Waals surface area contributed by atoms with E-state index in [1.807, 2.05) is 19.1 Å². The highest BCUT2D eigenvalue weighted by atomic mass is 16.5. The zero-order valence-corrected chi connectivity index (χ0v) is 14.1. The van der Waals surface area contributed by atoms with E-state index >= 15 is 0 Å². The number of aliphatic hydroxyl groups is 1. The highest BCUT2D eigenvalue weighted by Gasteiger charge is 2.26. The lowest BCUT2D eigenvalue weighted by Gasteiger charge is -2.41. The standard InChI is InChI=1S/C18H27N3O2/c1-3-17-14-20(7-8-21(17)13-15(2)22)9-10-23-18-6-4-5-16(11-18)12-19/h4-6,11,15,17,22H,3,7-10,13-14H2,1-2H3/t15-,17+/m1/s1. The molecule has 23 heavy (non-hydrogen) atoms. The minimum absolute atomic E-state index is 0.272. The van der Waals surface area contributed by atoms with Gasteiger partial charge >= 0.3 is 0 Å². The van der Waals surface area contributed by atoms with Crippen LogP contribution in [-0.2, 0) is 0 Å². The monoisotopic (exact) mass is 317 g/mol. The van der Waals surface area contributed by atoms with Gasteiger partial charge in [0.05, 0.1) is 17.7 Å². The van der Waals surface area contributed by atoms with Crippen LogP contribution in [0, 0.1) is 11.3 Å². The molecule has 1 aromatic carbocycles. The van der Waals surface area contributed by atoms with E-state index in [0.29, 0.717) is 18.2 Å². The zero-order valence-electron chi connectivity index (χ0n) is 14.1. The van der Waals surface area contributed by atoms with Crippen LogP contribution in [-0.4, -0.2) is 66.4 Å². The van der Waals surface area contributed by atoms with Crippen LogP contribution in [0.25, 0.3) is 0 Å². The molecule has 1 aliphatic rings. The third-order valence-corrected chi connectivity index (χ3v) is 4.30. The first-order valence-corrected chi connectivity index (χ1v) is 8.39. The molecule has 0 amide bonds. The number of piperazine rings is 1. The fourth-order valence-electron chi connectivity index (χ4n) is 3.08. The van der Waals surface area contributed by atoms with Crippen molar-refractivity contribution in [1.29, 1.82) is 5.26 Å². The van der Waals surface area contributed by atoms with Crippen molar-refractivity contribution in [2.75, 3.05) is 39.3 Å². The summed E-state index contributed by atoms with van der Waals surface area (Å²) < 4.78 is 5.77. The van der Waals surface area contributed by atoms with E-state index < -0.39 is 0 Å². The minimum Gasteiger partial charge on any atom is -0.492 e. The number of hydrogen-bond acceptors (Lipinski definition) is 5. The molecule has 1 aromatic rings. The number of nitrogens with zero attached hydrogens (tertiary/aromatic N) is 3. The Hall–Kier alpha value is -1.61. The van der Waals surface area contributed by atoms with Crippen LogP contribution in [0.2, 0.25) is 0 Å². The summed E-state index contributed by atoms with van der Waals surface area (Å²) in [5, 5.41) is 18.5. The first kappa shape index (κ1) is 17.7. The summed E-state index contributed by atoms with van der Waals surface area (Å²) in [6.45, 7) is 9.33. The summed E-state index contributed by atoms with van der Waals surface area (Å²) >= 11 is 0. The average Bonchev–Trinajstić information content (AvgIpc) is 2.56. The number of β-amino-alcohol motifs (C(OH)–C–C–N with tert-alkyl or cyclic N) is 1. The van der Waals surface area contributed by atoms with E-state index in [2.05, 4.69) is 22.8 Å². The van der Waals surface area contributed by atoms with E-state index in [-0.39, 0.29) is 6.10 Å². The van der Waals surface area contributed by atoms with Crippen LogP contribution in [0.1, 0.15) is 25.8 Å². The van der Waals surface area contributed by atoms with Gasteiger partial charge in [-0.2, -0.15) is 5.26 Å². The van der Waals surface area contributed by atoms with Gasteiger partial charge in [-0.25, -0.2) is 0 Å². The first-order chi connectivity index (χ1) is 11.1. The zero-order chi connectivity index (χ0) is 16.7. The van der Waals surface area contributed by atoms with Crippen molar-refractivity contribution in [2.24, 2.45) is 0 Å². The summed E-state index contributed by atoms with van der Waals surface area (Å²) in [5.41, 5.74) is 0.625. The Morgan fingerprint density at radius 2 is 2.26 bits per heavy atom. The second-order valence-electron chi connectivity index (χ2n) is 6.19. The molecular weight excluding hydrogens is 290 g/mol. The Morgan fingerprint density at radius 1 is 1.43 bits per heavy atom. The Morgan fingerprint density at radius 3 is 2.96 bits per heavy atom. The van der Waals surface area contributed by atoms with Crippen molar-refractivity contribution < 1.29 is 9.84 Å². The van der Waals surface area contributed by atoms with E-state index in [0.717, 1.165) is 44.9 Å². The Kier molecular flexibility index (Phi) is 6.85. The number of rotatable bonds is 7.